The van der Waals surface area contributed by atoms with Crippen molar-refractivity contribution in [1.29, 1.82) is 0 Å². The first kappa shape index (κ1) is 36.8. The second kappa shape index (κ2) is 12.8. The minimum absolute atomic E-state index is 0.00157. The normalized spacial score (nSPS) is 22.1. The number of imidazole rings is 1. The molecule has 0 aliphatic carbocycles. The molecule has 256 valence electrons. The van der Waals surface area contributed by atoms with E-state index in [9.17, 15) is 0 Å². The van der Waals surface area contributed by atoms with Crippen molar-refractivity contribution < 1.29 is 18.0 Å². The average Bonchev–Trinajstić information content (AvgIpc) is 3.48. The molecular weight excluding hydrogens is 629 g/mol. The molecule has 4 heterocycles. The smallest absolute Gasteiger partial charge is 0.192 e. The van der Waals surface area contributed by atoms with Crippen LogP contribution in [0.5, 0.6) is 0 Å². The van der Waals surface area contributed by atoms with Gasteiger partial charge in [-0.25, -0.2) is 19.9 Å². The molecule has 46 heavy (non-hydrogen) atoms. The standard InChI is InChI=1S/C33H58N6O4Si3/c1-31(2,3)44(10,11)40-20-23-26(42-45(12,13)32(4,5)6)27(43-46(14,15)33(7,8)9)30(41-23)39-22-37-25-28(35-21-36-29(25)39)38-24-18-16-17-19-34-24/h16-19,21-23,26-27,30H,20H2,1-15H3,(H,34,35,36,38)/t23-,26-,27-,30-/m1/s1. The van der Waals surface area contributed by atoms with E-state index in [-0.39, 0.29) is 27.3 Å². The predicted molar refractivity (Wildman–Crippen MR) is 194 cm³/mol. The van der Waals surface area contributed by atoms with Gasteiger partial charge in [-0.1, -0.05) is 68.4 Å². The van der Waals surface area contributed by atoms with E-state index in [0.29, 0.717) is 29.4 Å². The second-order valence-corrected chi connectivity index (χ2v) is 31.5. The van der Waals surface area contributed by atoms with E-state index < -0.39 is 37.3 Å². The second-order valence-electron chi connectivity index (χ2n) is 17.2. The lowest BCUT2D eigenvalue weighted by molar-refractivity contribution is -0.0470. The lowest BCUT2D eigenvalue weighted by atomic mass is 10.1. The summed E-state index contributed by atoms with van der Waals surface area (Å²) in [4.78, 5) is 18.4. The Bertz CT molecular complexity index is 1480. The van der Waals surface area contributed by atoms with E-state index in [1.54, 1.807) is 18.9 Å². The molecule has 0 spiro atoms. The third-order valence-electron chi connectivity index (χ3n) is 10.7. The molecule has 0 bridgehead atoms. The van der Waals surface area contributed by atoms with Crippen molar-refractivity contribution in [2.24, 2.45) is 0 Å². The van der Waals surface area contributed by atoms with Gasteiger partial charge in [0.2, 0.25) is 0 Å². The molecule has 1 fully saturated rings. The van der Waals surface area contributed by atoms with Crippen LogP contribution < -0.4 is 5.32 Å². The number of ether oxygens (including phenoxy) is 1. The van der Waals surface area contributed by atoms with Crippen LogP contribution in [-0.4, -0.2) is 74.4 Å². The zero-order valence-electron chi connectivity index (χ0n) is 30.8. The molecular formula is C33H58N6O4Si3. The first-order chi connectivity index (χ1) is 21.0. The van der Waals surface area contributed by atoms with Crippen molar-refractivity contribution >= 4 is 47.8 Å². The largest absolute Gasteiger partial charge is 0.414 e. The van der Waals surface area contributed by atoms with E-state index in [1.807, 2.05) is 22.8 Å². The van der Waals surface area contributed by atoms with Crippen LogP contribution in [0.15, 0.2) is 37.1 Å². The molecule has 0 radical (unpaired) electrons. The third-order valence-corrected chi connectivity index (χ3v) is 24.2. The summed E-state index contributed by atoms with van der Waals surface area (Å²) in [6.07, 6.45) is 3.47. The van der Waals surface area contributed by atoms with Crippen molar-refractivity contribution in [2.75, 3.05) is 11.9 Å². The molecule has 1 saturated heterocycles. The summed E-state index contributed by atoms with van der Waals surface area (Å²) >= 11 is 0. The zero-order valence-corrected chi connectivity index (χ0v) is 33.8. The van der Waals surface area contributed by atoms with Crippen molar-refractivity contribution in [3.8, 4) is 0 Å². The van der Waals surface area contributed by atoms with Crippen LogP contribution in [0.4, 0.5) is 11.6 Å². The highest BCUT2D eigenvalue weighted by atomic mass is 28.4. The summed E-state index contributed by atoms with van der Waals surface area (Å²) < 4.78 is 30.5. The van der Waals surface area contributed by atoms with Gasteiger partial charge in [-0.15, -0.1) is 0 Å². The fraction of sp³-hybridized carbons (Fsp3) is 0.697. The lowest BCUT2D eigenvalue weighted by Crippen LogP contribution is -2.54. The third kappa shape index (κ3) is 7.66. The van der Waals surface area contributed by atoms with Gasteiger partial charge in [0, 0.05) is 6.20 Å². The topological polar surface area (TPSA) is 105 Å². The quantitative estimate of drug-likeness (QED) is 0.210. The van der Waals surface area contributed by atoms with Gasteiger partial charge in [0.05, 0.1) is 12.9 Å². The molecule has 1 aliphatic rings. The number of hydrogen-bond acceptors (Lipinski definition) is 9. The summed E-state index contributed by atoms with van der Waals surface area (Å²) in [6, 6.07) is 5.70. The maximum Gasteiger partial charge on any atom is 0.192 e. The number of pyridine rings is 1. The molecule has 3 aromatic heterocycles. The molecule has 3 aromatic rings. The first-order valence-electron chi connectivity index (χ1n) is 16.5. The van der Waals surface area contributed by atoms with Gasteiger partial charge in [-0.05, 0) is 66.5 Å². The minimum atomic E-state index is -2.30. The molecule has 1 N–H and O–H groups in total. The Morgan fingerprint density at radius 3 is 1.89 bits per heavy atom. The van der Waals surface area contributed by atoms with Crippen LogP contribution in [0.1, 0.15) is 68.5 Å². The Morgan fingerprint density at radius 2 is 1.35 bits per heavy atom. The van der Waals surface area contributed by atoms with Crippen LogP contribution >= 0.6 is 0 Å². The number of fused-ring (bicyclic) bond motifs is 1. The summed E-state index contributed by atoms with van der Waals surface area (Å²) in [5, 5.41) is 3.34. The van der Waals surface area contributed by atoms with E-state index in [4.69, 9.17) is 28.0 Å². The average molecular weight is 687 g/mol. The van der Waals surface area contributed by atoms with Gasteiger partial charge >= 0.3 is 0 Å². The predicted octanol–water partition coefficient (Wildman–Crippen LogP) is 8.66. The van der Waals surface area contributed by atoms with Crippen LogP contribution in [0.3, 0.4) is 0 Å². The Balaban J connectivity index is 1.82. The molecule has 13 heteroatoms. The van der Waals surface area contributed by atoms with E-state index >= 15 is 0 Å². The van der Waals surface area contributed by atoms with E-state index in [2.05, 4.69) is 117 Å². The molecule has 1 aliphatic heterocycles. The van der Waals surface area contributed by atoms with Gasteiger partial charge in [0.15, 0.2) is 48.2 Å². The number of nitrogens with zero attached hydrogens (tertiary/aromatic N) is 5. The van der Waals surface area contributed by atoms with E-state index in [1.165, 1.54) is 0 Å². The maximum atomic E-state index is 7.32. The molecule has 0 amide bonds. The fourth-order valence-electron chi connectivity index (χ4n) is 4.56. The Hall–Kier alpha value is -2.01. The van der Waals surface area contributed by atoms with Gasteiger partial charge < -0.3 is 23.3 Å². The number of rotatable bonds is 10. The summed E-state index contributed by atoms with van der Waals surface area (Å²) in [5.74, 6) is 1.26. The van der Waals surface area contributed by atoms with Crippen molar-refractivity contribution in [3.63, 3.8) is 0 Å². The Kier molecular flexibility index (Phi) is 10.2. The number of nitrogens with one attached hydrogen (secondary N) is 1. The SMILES string of the molecule is CC(C)(C)[Si](C)(C)OC[C@H]1O[C@@H](n2cnc3c(Nc4ccccn4)ncnc32)[C@H](O[Si](C)(C)C(C)(C)C)[C@@H]1O[Si](C)(C)C(C)(C)C. The van der Waals surface area contributed by atoms with Crippen molar-refractivity contribution in [1.82, 2.24) is 24.5 Å². The van der Waals surface area contributed by atoms with Crippen LogP contribution in [0, 0.1) is 0 Å². The molecule has 0 aromatic carbocycles. The maximum absolute atomic E-state index is 7.32. The van der Waals surface area contributed by atoms with Gasteiger partial charge in [-0.2, -0.15) is 0 Å². The highest BCUT2D eigenvalue weighted by Crippen LogP contribution is 2.47. The summed E-state index contributed by atoms with van der Waals surface area (Å²) in [7, 11) is -6.65. The molecule has 0 unspecified atom stereocenters. The van der Waals surface area contributed by atoms with Crippen LogP contribution in [-0.2, 0) is 18.0 Å². The van der Waals surface area contributed by atoms with E-state index in [0.717, 1.165) is 0 Å². The number of anilines is 2. The first-order valence-corrected chi connectivity index (χ1v) is 25.2. The molecule has 4 rings (SSSR count). The molecule has 0 saturated carbocycles. The lowest BCUT2D eigenvalue weighted by Gasteiger charge is -2.44. The fourth-order valence-corrected chi connectivity index (χ4v) is 8.18. The zero-order chi connectivity index (χ0) is 34.5. The Morgan fingerprint density at radius 1 is 0.761 bits per heavy atom. The van der Waals surface area contributed by atoms with Gasteiger partial charge in [-0.3, -0.25) is 4.57 Å². The number of hydrogen-bond donors (Lipinski definition) is 1. The van der Waals surface area contributed by atoms with Gasteiger partial charge in [0.1, 0.15) is 30.5 Å². The van der Waals surface area contributed by atoms with Crippen LogP contribution in [0.25, 0.3) is 11.2 Å². The van der Waals surface area contributed by atoms with Crippen molar-refractivity contribution in [3.05, 3.63) is 37.1 Å². The van der Waals surface area contributed by atoms with Crippen LogP contribution in [0.2, 0.25) is 54.4 Å². The monoisotopic (exact) mass is 686 g/mol. The summed E-state index contributed by atoms with van der Waals surface area (Å²) in [6.45, 7) is 34.6. The Labute approximate surface area is 279 Å². The summed E-state index contributed by atoms with van der Waals surface area (Å²) in [5.41, 5.74) is 1.28. The highest BCUT2D eigenvalue weighted by molar-refractivity contribution is 6.75. The van der Waals surface area contributed by atoms with Gasteiger partial charge in [0.25, 0.3) is 0 Å². The highest BCUT2D eigenvalue weighted by Gasteiger charge is 2.55. The molecule has 10 nitrogen and oxygen atoms in total. The molecule has 4 atom stereocenters. The number of aromatic nitrogens is 5. The minimum Gasteiger partial charge on any atom is -0.414 e. The van der Waals surface area contributed by atoms with Crippen molar-refractivity contribution in [2.45, 2.75) is 141 Å².